The maximum absolute atomic E-state index is 12.7. The van der Waals surface area contributed by atoms with E-state index in [0.29, 0.717) is 39.0 Å². The van der Waals surface area contributed by atoms with Crippen LogP contribution in [-0.2, 0) is 38.1 Å². The van der Waals surface area contributed by atoms with E-state index in [1.54, 1.807) is 117 Å². The lowest BCUT2D eigenvalue weighted by Gasteiger charge is -2.19. The molecule has 4 N–H and O–H groups in total. The van der Waals surface area contributed by atoms with Crippen molar-refractivity contribution in [2.45, 2.75) is 34.6 Å². The first-order chi connectivity index (χ1) is 35.8. The predicted octanol–water partition coefficient (Wildman–Crippen LogP) is 7.91. The molecule has 0 aromatic heterocycles. The second-order valence-electron chi connectivity index (χ2n) is 16.0. The maximum atomic E-state index is 12.7. The Hall–Kier alpha value is -9.46. The van der Waals surface area contributed by atoms with Crippen molar-refractivity contribution in [3.8, 4) is 23.0 Å². The number of carbonyl (C=O) groups is 8. The highest BCUT2D eigenvalue weighted by atomic mass is 16.6. The van der Waals surface area contributed by atoms with E-state index in [9.17, 15) is 38.4 Å². The molecule has 0 bridgehead atoms. The molecule has 4 rings (SSSR count). The number of hydrogen-bond acceptors (Lipinski definition) is 16. The van der Waals surface area contributed by atoms with Crippen LogP contribution in [0.15, 0.2) is 145 Å². The fraction of sp³-hybridized carbons (Fsp3) is 0.236. The largest absolute Gasteiger partial charge is 0.460 e. The minimum Gasteiger partial charge on any atom is -0.460 e. The van der Waals surface area contributed by atoms with E-state index >= 15 is 0 Å². The lowest BCUT2D eigenvalue weighted by molar-refractivity contribution is -0.139. The Kier molecular flexibility index (Phi) is 23.1. The number of amides is 4. The minimum absolute atomic E-state index is 0.00885. The zero-order valence-corrected chi connectivity index (χ0v) is 42.1. The molecule has 0 aliphatic carbocycles. The third-order valence-corrected chi connectivity index (χ3v) is 9.88. The number of esters is 4. The Morgan fingerprint density at radius 3 is 0.787 bits per heavy atom. The summed E-state index contributed by atoms with van der Waals surface area (Å²) < 4.78 is 42.2. The standard InChI is InChI=1S/C55H58N4O16/c1-9-37(8)51(63)71-33-29-59-55(67)75-45-24-16-41(17-25-45)47(40-14-22-44(23-15-40)74-54(66)58-28-32-70-50(62)36(6)7)46(38-10-18-42(19-11-38)72-52(64)56-26-30-68-48(60)34(2)3)39-12-20-43(21-13-39)73-53(65)57-27-31-69-49(61)35(4)5/h9-25H,2,4,6,26-33H2,1,3,5,7-8H3,(H,56,64)(H,57,65)(H,58,66)(H,59,67)/b37-9+. The van der Waals surface area contributed by atoms with Gasteiger partial charge in [0, 0.05) is 22.3 Å². The number of hydrogen-bond donors (Lipinski definition) is 4. The van der Waals surface area contributed by atoms with Crippen LogP contribution in [0.3, 0.4) is 0 Å². The van der Waals surface area contributed by atoms with Gasteiger partial charge in [0.25, 0.3) is 0 Å². The fourth-order valence-corrected chi connectivity index (χ4v) is 6.03. The summed E-state index contributed by atoms with van der Waals surface area (Å²) in [6.45, 7) is 17.9. The summed E-state index contributed by atoms with van der Waals surface area (Å²) >= 11 is 0. The zero-order valence-electron chi connectivity index (χ0n) is 42.1. The van der Waals surface area contributed by atoms with Crippen molar-refractivity contribution in [2.24, 2.45) is 0 Å². The van der Waals surface area contributed by atoms with Crippen LogP contribution in [0, 0.1) is 0 Å². The van der Waals surface area contributed by atoms with E-state index in [2.05, 4.69) is 41.0 Å². The molecule has 75 heavy (non-hydrogen) atoms. The smallest absolute Gasteiger partial charge is 0.412 e. The molecular formula is C55H58N4O16. The Balaban J connectivity index is 1.72. The second kappa shape index (κ2) is 29.8. The van der Waals surface area contributed by atoms with Crippen molar-refractivity contribution in [2.75, 3.05) is 52.6 Å². The monoisotopic (exact) mass is 1030 g/mol. The molecule has 0 aliphatic rings. The highest BCUT2D eigenvalue weighted by Gasteiger charge is 2.20. The lowest BCUT2D eigenvalue weighted by atomic mass is 9.85. The first kappa shape index (κ1) is 58.1. The molecule has 0 aliphatic heterocycles. The molecule has 0 unspecified atom stereocenters. The van der Waals surface area contributed by atoms with Gasteiger partial charge in [0.2, 0.25) is 0 Å². The molecule has 20 heteroatoms. The van der Waals surface area contributed by atoms with Crippen LogP contribution in [0.2, 0.25) is 0 Å². The van der Waals surface area contributed by atoms with Gasteiger partial charge in [0.1, 0.15) is 49.4 Å². The summed E-state index contributed by atoms with van der Waals surface area (Å²) in [5.74, 6) is -1.64. The second-order valence-corrected chi connectivity index (χ2v) is 16.0. The number of ether oxygens (including phenoxy) is 8. The van der Waals surface area contributed by atoms with Crippen molar-refractivity contribution in [3.63, 3.8) is 0 Å². The van der Waals surface area contributed by atoms with Gasteiger partial charge in [-0.1, -0.05) is 74.3 Å². The normalized spacial score (nSPS) is 10.5. The number of nitrogens with one attached hydrogen (secondary N) is 4. The number of allylic oxidation sites excluding steroid dienone is 1. The topological polar surface area (TPSA) is 259 Å². The van der Waals surface area contributed by atoms with Crippen LogP contribution in [0.1, 0.15) is 56.9 Å². The third kappa shape index (κ3) is 19.9. The fourth-order valence-electron chi connectivity index (χ4n) is 6.03. The molecule has 0 atom stereocenters. The van der Waals surface area contributed by atoms with Crippen molar-refractivity contribution in [1.29, 1.82) is 0 Å². The Morgan fingerprint density at radius 2 is 0.587 bits per heavy atom. The quantitative estimate of drug-likeness (QED) is 0.0171. The molecule has 0 heterocycles. The van der Waals surface area contributed by atoms with Crippen LogP contribution < -0.4 is 40.2 Å². The van der Waals surface area contributed by atoms with Crippen molar-refractivity contribution < 1.29 is 76.3 Å². The number of rotatable bonds is 24. The number of carbonyl (C=O) groups excluding carboxylic acids is 8. The van der Waals surface area contributed by atoms with E-state index in [1.807, 2.05) is 0 Å². The predicted molar refractivity (Wildman–Crippen MR) is 275 cm³/mol. The van der Waals surface area contributed by atoms with Crippen molar-refractivity contribution >= 4 is 59.4 Å². The molecule has 4 aromatic rings. The van der Waals surface area contributed by atoms with E-state index in [1.165, 1.54) is 20.8 Å². The van der Waals surface area contributed by atoms with Crippen LogP contribution in [0.4, 0.5) is 19.2 Å². The van der Waals surface area contributed by atoms with Gasteiger partial charge in [-0.15, -0.1) is 0 Å². The Morgan fingerprint density at radius 1 is 0.373 bits per heavy atom. The Labute approximate surface area is 433 Å². The number of benzene rings is 4. The molecular weight excluding hydrogens is 973 g/mol. The summed E-state index contributed by atoms with van der Waals surface area (Å²) in [5.41, 5.74) is 4.61. The summed E-state index contributed by atoms with van der Waals surface area (Å²) in [6.07, 6.45) is -1.61. The van der Waals surface area contributed by atoms with E-state index in [4.69, 9.17) is 37.9 Å². The van der Waals surface area contributed by atoms with Gasteiger partial charge in [0.05, 0.1) is 26.2 Å². The zero-order chi connectivity index (χ0) is 54.9. The average Bonchev–Trinajstić information content (AvgIpc) is 3.39. The summed E-state index contributed by atoms with van der Waals surface area (Å²) in [5, 5.41) is 10.1. The molecule has 20 nitrogen and oxygen atoms in total. The van der Waals surface area contributed by atoms with Crippen molar-refractivity contribution in [3.05, 3.63) is 167 Å². The average molecular weight is 1030 g/mol. The molecule has 0 spiro atoms. The first-order valence-corrected chi connectivity index (χ1v) is 23.1. The van der Waals surface area contributed by atoms with Crippen LogP contribution in [0.25, 0.3) is 11.1 Å². The van der Waals surface area contributed by atoms with Gasteiger partial charge in [-0.3, -0.25) is 0 Å². The summed E-state index contributed by atoms with van der Waals surface area (Å²) in [7, 11) is 0. The van der Waals surface area contributed by atoms with E-state index in [-0.39, 0.29) is 92.3 Å². The molecule has 0 saturated carbocycles. The van der Waals surface area contributed by atoms with Crippen LogP contribution in [0.5, 0.6) is 23.0 Å². The minimum atomic E-state index is -0.806. The van der Waals surface area contributed by atoms with Gasteiger partial charge >= 0.3 is 48.3 Å². The first-order valence-electron chi connectivity index (χ1n) is 23.1. The van der Waals surface area contributed by atoms with Gasteiger partial charge < -0.3 is 59.2 Å². The van der Waals surface area contributed by atoms with Gasteiger partial charge in [0.15, 0.2) is 0 Å². The molecule has 4 amide bonds. The van der Waals surface area contributed by atoms with E-state index in [0.717, 1.165) is 0 Å². The lowest BCUT2D eigenvalue weighted by Crippen LogP contribution is -2.30. The highest BCUT2D eigenvalue weighted by Crippen LogP contribution is 2.39. The van der Waals surface area contributed by atoms with Crippen LogP contribution >= 0.6 is 0 Å². The van der Waals surface area contributed by atoms with Crippen molar-refractivity contribution in [1.82, 2.24) is 21.3 Å². The van der Waals surface area contributed by atoms with Gasteiger partial charge in [-0.05, 0) is 117 Å². The van der Waals surface area contributed by atoms with Crippen LogP contribution in [-0.4, -0.2) is 101 Å². The molecule has 0 fully saturated rings. The van der Waals surface area contributed by atoms with Gasteiger partial charge in [-0.25, -0.2) is 38.4 Å². The summed E-state index contributed by atoms with van der Waals surface area (Å²) in [6, 6.07) is 26.2. The van der Waals surface area contributed by atoms with E-state index < -0.39 is 48.3 Å². The maximum Gasteiger partial charge on any atom is 0.412 e. The SMILES string of the molecule is C=C(C)C(=O)OCCNC(=O)Oc1ccc(C(=C(c2ccc(OC(=O)NCCOC(=O)C(=C)C)cc2)c2ccc(OC(=O)NCCOC(=O)/C(C)=C/C)cc2)c2ccc(OC(=O)NCCOC(=O)C(=C)C)cc2)cc1. The Bertz CT molecular complexity index is 2700. The third-order valence-electron chi connectivity index (χ3n) is 9.88. The summed E-state index contributed by atoms with van der Waals surface area (Å²) in [4.78, 5) is 97.9. The molecule has 4 aromatic carbocycles. The molecule has 0 radical (unpaired) electrons. The molecule has 394 valence electrons. The highest BCUT2D eigenvalue weighted by molar-refractivity contribution is 6.05. The van der Waals surface area contributed by atoms with Gasteiger partial charge in [-0.2, -0.15) is 0 Å². The molecule has 0 saturated heterocycles.